The molecule has 0 N–H and O–H groups in total. The molecule has 2 amide bonds. The number of hydrogen-bond acceptors (Lipinski definition) is 5. The SMILES string of the molecule is CCCOc1ccc(-c2nn(-c3ccccc3)cc2/C=C2/C(=O)N(C3CCCCC3)C(=O)C(C#N)=C2C)cc1C. The summed E-state index contributed by atoms with van der Waals surface area (Å²) in [6.07, 6.45) is 9.17. The molecule has 7 nitrogen and oxygen atoms in total. The van der Waals surface area contributed by atoms with Crippen LogP contribution in [0.15, 0.2) is 71.4 Å². The van der Waals surface area contributed by atoms with Gasteiger partial charge in [0.1, 0.15) is 17.4 Å². The summed E-state index contributed by atoms with van der Waals surface area (Å²) in [5.41, 5.74) is 4.97. The minimum atomic E-state index is -0.479. The summed E-state index contributed by atoms with van der Waals surface area (Å²) in [4.78, 5) is 28.5. The number of nitrogens with zero attached hydrogens (tertiary/aromatic N) is 4. The van der Waals surface area contributed by atoms with E-state index in [9.17, 15) is 14.9 Å². The molecule has 40 heavy (non-hydrogen) atoms. The summed E-state index contributed by atoms with van der Waals surface area (Å²) in [6.45, 7) is 6.41. The average Bonchev–Trinajstić information content (AvgIpc) is 3.40. The number of rotatable bonds is 7. The highest BCUT2D eigenvalue weighted by molar-refractivity contribution is 6.20. The third kappa shape index (κ3) is 5.22. The number of aromatic nitrogens is 2. The van der Waals surface area contributed by atoms with Crippen LogP contribution in [0.3, 0.4) is 0 Å². The number of benzene rings is 2. The lowest BCUT2D eigenvalue weighted by Gasteiger charge is -2.36. The van der Waals surface area contributed by atoms with Crippen molar-refractivity contribution >= 4 is 17.9 Å². The Labute approximate surface area is 235 Å². The molecule has 0 spiro atoms. The first-order valence-corrected chi connectivity index (χ1v) is 14.0. The van der Waals surface area contributed by atoms with Crippen molar-refractivity contribution < 1.29 is 14.3 Å². The number of imide groups is 1. The molecule has 5 rings (SSSR count). The highest BCUT2D eigenvalue weighted by Crippen LogP contribution is 2.35. The van der Waals surface area contributed by atoms with E-state index >= 15 is 0 Å². The molecule has 0 unspecified atom stereocenters. The first-order chi connectivity index (χ1) is 19.4. The number of aryl methyl sites for hydroxylation is 1. The van der Waals surface area contributed by atoms with Crippen molar-refractivity contribution in [2.45, 2.75) is 65.3 Å². The molecular formula is C33H34N4O3. The molecule has 0 saturated heterocycles. The third-order valence-electron chi connectivity index (χ3n) is 7.69. The van der Waals surface area contributed by atoms with E-state index in [1.807, 2.05) is 61.7 Å². The van der Waals surface area contributed by atoms with Gasteiger partial charge in [0.05, 0.1) is 18.0 Å². The van der Waals surface area contributed by atoms with Gasteiger partial charge in [0, 0.05) is 28.9 Å². The minimum Gasteiger partial charge on any atom is -0.493 e. The van der Waals surface area contributed by atoms with Gasteiger partial charge in [-0.1, -0.05) is 44.4 Å². The van der Waals surface area contributed by atoms with Crippen LogP contribution in [0, 0.1) is 18.3 Å². The summed E-state index contributed by atoms with van der Waals surface area (Å²) in [5.74, 6) is 0.00776. The quantitative estimate of drug-likeness (QED) is 0.253. The second-order valence-electron chi connectivity index (χ2n) is 10.5. The fourth-order valence-electron chi connectivity index (χ4n) is 5.53. The Morgan fingerprint density at radius 2 is 1.80 bits per heavy atom. The third-order valence-corrected chi connectivity index (χ3v) is 7.69. The Morgan fingerprint density at radius 1 is 1.05 bits per heavy atom. The van der Waals surface area contributed by atoms with E-state index in [1.165, 1.54) is 4.90 Å². The number of ether oxygens (including phenoxy) is 1. The molecular weight excluding hydrogens is 500 g/mol. The second kappa shape index (κ2) is 11.7. The van der Waals surface area contributed by atoms with Crippen LogP contribution in [0.1, 0.15) is 63.5 Å². The lowest BCUT2D eigenvalue weighted by molar-refractivity contribution is -0.143. The van der Waals surface area contributed by atoms with E-state index in [0.717, 1.165) is 66.7 Å². The van der Waals surface area contributed by atoms with Crippen molar-refractivity contribution in [3.05, 3.63) is 82.6 Å². The molecule has 1 saturated carbocycles. The van der Waals surface area contributed by atoms with Gasteiger partial charge < -0.3 is 4.74 Å². The Morgan fingerprint density at radius 3 is 2.48 bits per heavy atom. The van der Waals surface area contributed by atoms with Gasteiger partial charge in [-0.15, -0.1) is 0 Å². The molecule has 1 fully saturated rings. The van der Waals surface area contributed by atoms with E-state index in [4.69, 9.17) is 9.84 Å². The van der Waals surface area contributed by atoms with Crippen LogP contribution in [0.4, 0.5) is 0 Å². The van der Waals surface area contributed by atoms with Gasteiger partial charge >= 0.3 is 0 Å². The lowest BCUT2D eigenvalue weighted by Crippen LogP contribution is -2.49. The smallest absolute Gasteiger partial charge is 0.271 e. The Kier molecular flexibility index (Phi) is 7.97. The molecule has 1 aliphatic carbocycles. The fraction of sp³-hybridized carbons (Fsp3) is 0.333. The van der Waals surface area contributed by atoms with Crippen molar-refractivity contribution in [2.24, 2.45) is 0 Å². The van der Waals surface area contributed by atoms with Crippen molar-refractivity contribution in [2.75, 3.05) is 6.61 Å². The van der Waals surface area contributed by atoms with Gasteiger partial charge in [-0.25, -0.2) is 4.68 Å². The van der Waals surface area contributed by atoms with Crippen molar-refractivity contribution in [1.82, 2.24) is 14.7 Å². The second-order valence-corrected chi connectivity index (χ2v) is 10.5. The van der Waals surface area contributed by atoms with Crippen LogP contribution < -0.4 is 4.74 Å². The van der Waals surface area contributed by atoms with Crippen LogP contribution in [0.5, 0.6) is 5.75 Å². The molecule has 0 bridgehead atoms. The van der Waals surface area contributed by atoms with E-state index in [1.54, 1.807) is 17.7 Å². The van der Waals surface area contributed by atoms with E-state index < -0.39 is 5.91 Å². The number of carbonyl (C=O) groups excluding carboxylic acids is 2. The summed E-state index contributed by atoms with van der Waals surface area (Å²) >= 11 is 0. The number of para-hydroxylation sites is 1. The molecule has 2 heterocycles. The molecule has 2 aromatic carbocycles. The monoisotopic (exact) mass is 534 g/mol. The zero-order valence-corrected chi connectivity index (χ0v) is 23.3. The van der Waals surface area contributed by atoms with Gasteiger partial charge in [0.15, 0.2) is 0 Å². The summed E-state index contributed by atoms with van der Waals surface area (Å²) in [5, 5.41) is 14.8. The Balaban J connectivity index is 1.64. The Bertz CT molecular complexity index is 1540. The van der Waals surface area contributed by atoms with E-state index in [-0.39, 0.29) is 17.5 Å². The van der Waals surface area contributed by atoms with Crippen molar-refractivity contribution in [1.29, 1.82) is 5.26 Å². The molecule has 2 aliphatic rings. The predicted octanol–water partition coefficient (Wildman–Crippen LogP) is 6.56. The van der Waals surface area contributed by atoms with Crippen LogP contribution in [-0.4, -0.2) is 39.1 Å². The minimum absolute atomic E-state index is 0.0293. The van der Waals surface area contributed by atoms with Crippen LogP contribution in [-0.2, 0) is 9.59 Å². The maximum Gasteiger partial charge on any atom is 0.271 e. The van der Waals surface area contributed by atoms with Crippen LogP contribution in [0.25, 0.3) is 23.0 Å². The molecule has 1 aromatic heterocycles. The first-order valence-electron chi connectivity index (χ1n) is 14.0. The summed E-state index contributed by atoms with van der Waals surface area (Å²) < 4.78 is 7.67. The zero-order chi connectivity index (χ0) is 28.2. The normalized spacial score (nSPS) is 17.4. The number of amides is 2. The maximum absolute atomic E-state index is 13.9. The largest absolute Gasteiger partial charge is 0.493 e. The molecule has 204 valence electrons. The highest BCUT2D eigenvalue weighted by Gasteiger charge is 2.40. The van der Waals surface area contributed by atoms with Gasteiger partial charge in [-0.05, 0) is 80.7 Å². The molecule has 0 radical (unpaired) electrons. The van der Waals surface area contributed by atoms with Crippen LogP contribution >= 0.6 is 0 Å². The molecule has 0 atom stereocenters. The fourth-order valence-corrected chi connectivity index (χ4v) is 5.53. The molecule has 3 aromatic rings. The summed E-state index contributed by atoms with van der Waals surface area (Å²) in [6, 6.07) is 17.6. The lowest BCUT2D eigenvalue weighted by atomic mass is 9.88. The highest BCUT2D eigenvalue weighted by atomic mass is 16.5. The zero-order valence-electron chi connectivity index (χ0n) is 23.3. The predicted molar refractivity (Wildman–Crippen MR) is 155 cm³/mol. The number of carbonyl (C=O) groups is 2. The number of nitriles is 1. The van der Waals surface area contributed by atoms with E-state index in [0.29, 0.717) is 23.4 Å². The first kappa shape index (κ1) is 27.1. The van der Waals surface area contributed by atoms with Crippen LogP contribution in [0.2, 0.25) is 0 Å². The number of hydrogen-bond donors (Lipinski definition) is 0. The van der Waals surface area contributed by atoms with Gasteiger partial charge in [0.25, 0.3) is 11.8 Å². The molecule has 1 aliphatic heterocycles. The van der Waals surface area contributed by atoms with E-state index in [2.05, 4.69) is 13.0 Å². The maximum atomic E-state index is 13.9. The average molecular weight is 535 g/mol. The Hall–Kier alpha value is -4.44. The molecule has 7 heteroatoms. The summed E-state index contributed by atoms with van der Waals surface area (Å²) in [7, 11) is 0. The van der Waals surface area contributed by atoms with Gasteiger partial charge in [-0.2, -0.15) is 10.4 Å². The topological polar surface area (TPSA) is 88.2 Å². The standard InChI is InChI=1S/C33H34N4O3/c1-4-17-40-30-16-15-24(18-22(30)2)31-25(21-36(35-31)26-11-7-5-8-12-26)19-28-23(3)29(20-34)33(39)37(32(28)38)27-13-9-6-10-14-27/h5,7-8,11-12,15-16,18-19,21,27H,4,6,9-10,13-14,17H2,1-3H3/b28-19+. The van der Waals surface area contributed by atoms with Crippen molar-refractivity contribution in [3.8, 4) is 28.8 Å². The van der Waals surface area contributed by atoms with Gasteiger partial charge in [-0.3, -0.25) is 14.5 Å². The van der Waals surface area contributed by atoms with Crippen molar-refractivity contribution in [3.63, 3.8) is 0 Å². The van der Waals surface area contributed by atoms with Gasteiger partial charge in [0.2, 0.25) is 0 Å².